The van der Waals surface area contributed by atoms with Gasteiger partial charge in [0.05, 0.1) is 16.6 Å². The van der Waals surface area contributed by atoms with E-state index >= 15 is 0 Å². The van der Waals surface area contributed by atoms with Gasteiger partial charge in [-0.1, -0.05) is 23.7 Å². The van der Waals surface area contributed by atoms with Crippen LogP contribution >= 0.6 is 38.9 Å². The highest BCUT2D eigenvalue weighted by Gasteiger charge is 2.14. The van der Waals surface area contributed by atoms with Gasteiger partial charge in [-0.2, -0.15) is 0 Å². The number of carbonyl (C=O) groups excluding carboxylic acids is 1. The number of hydrogen-bond donors (Lipinski definition) is 0. The van der Waals surface area contributed by atoms with Gasteiger partial charge >= 0.3 is 0 Å². The van der Waals surface area contributed by atoms with Crippen LogP contribution in [0.4, 0.5) is 0 Å². The van der Waals surface area contributed by atoms with Crippen LogP contribution in [0.25, 0.3) is 10.2 Å². The van der Waals surface area contributed by atoms with Gasteiger partial charge in [0.2, 0.25) is 0 Å². The summed E-state index contributed by atoms with van der Waals surface area (Å²) in [6, 6.07) is 13.1. The van der Waals surface area contributed by atoms with Gasteiger partial charge in [0.15, 0.2) is 5.78 Å². The van der Waals surface area contributed by atoms with Crippen molar-refractivity contribution in [2.45, 2.75) is 6.42 Å². The molecule has 5 heteroatoms. The molecule has 3 aromatic rings. The van der Waals surface area contributed by atoms with E-state index < -0.39 is 0 Å². The molecule has 0 aliphatic heterocycles. The summed E-state index contributed by atoms with van der Waals surface area (Å²) in [4.78, 5) is 16.8. The Bertz CT molecular complexity index is 766. The summed E-state index contributed by atoms with van der Waals surface area (Å²) in [5.41, 5.74) is 1.57. The zero-order valence-electron chi connectivity index (χ0n) is 10.3. The number of carbonyl (C=O) groups is 1. The summed E-state index contributed by atoms with van der Waals surface area (Å²) < 4.78 is 1.82. The summed E-state index contributed by atoms with van der Waals surface area (Å²) in [6.07, 6.45) is 0.305. The predicted molar refractivity (Wildman–Crippen MR) is 86.8 cm³/mol. The summed E-state index contributed by atoms with van der Waals surface area (Å²) in [6.45, 7) is 0. The van der Waals surface area contributed by atoms with E-state index in [-0.39, 0.29) is 5.78 Å². The number of thiazole rings is 1. The lowest BCUT2D eigenvalue weighted by Gasteiger charge is -2.02. The molecule has 0 fully saturated rings. The van der Waals surface area contributed by atoms with Crippen LogP contribution in [-0.4, -0.2) is 10.8 Å². The van der Waals surface area contributed by atoms with Crippen LogP contribution < -0.4 is 0 Å². The van der Waals surface area contributed by atoms with Crippen molar-refractivity contribution in [3.8, 4) is 0 Å². The second-order valence-corrected chi connectivity index (χ2v) is 6.71. The average Bonchev–Trinajstić information content (AvgIpc) is 2.80. The van der Waals surface area contributed by atoms with E-state index in [1.54, 1.807) is 29.5 Å². The highest BCUT2D eigenvalue weighted by Crippen LogP contribution is 2.26. The largest absolute Gasteiger partial charge is 0.294 e. The Balaban J connectivity index is 1.88. The van der Waals surface area contributed by atoms with Gasteiger partial charge in [-0.15, -0.1) is 11.3 Å². The van der Waals surface area contributed by atoms with Crippen molar-refractivity contribution >= 4 is 54.9 Å². The topological polar surface area (TPSA) is 30.0 Å². The van der Waals surface area contributed by atoms with Crippen LogP contribution in [0, 0.1) is 0 Å². The number of rotatable bonds is 3. The molecule has 2 aromatic carbocycles. The third-order valence-electron chi connectivity index (χ3n) is 2.88. The van der Waals surface area contributed by atoms with Gasteiger partial charge < -0.3 is 0 Å². The lowest BCUT2D eigenvalue weighted by Crippen LogP contribution is -2.04. The number of benzene rings is 2. The molecule has 1 aromatic heterocycles. The van der Waals surface area contributed by atoms with Gasteiger partial charge in [-0.3, -0.25) is 4.79 Å². The maximum absolute atomic E-state index is 12.3. The van der Waals surface area contributed by atoms with Gasteiger partial charge in [-0.05, 0) is 46.3 Å². The smallest absolute Gasteiger partial charge is 0.170 e. The Kier molecular flexibility index (Phi) is 3.87. The first kappa shape index (κ1) is 13.7. The van der Waals surface area contributed by atoms with Crippen LogP contribution in [0.3, 0.4) is 0 Å². The number of hydrogen-bond acceptors (Lipinski definition) is 3. The quantitative estimate of drug-likeness (QED) is 0.601. The van der Waals surface area contributed by atoms with Crippen LogP contribution in [-0.2, 0) is 6.42 Å². The molecule has 2 nitrogen and oxygen atoms in total. The molecule has 0 aliphatic carbocycles. The SMILES string of the molecule is O=C(Cc1nc2ccccc2s1)c1ccc(Cl)cc1Br. The van der Waals surface area contributed by atoms with E-state index in [2.05, 4.69) is 20.9 Å². The van der Waals surface area contributed by atoms with Gasteiger partial charge in [0, 0.05) is 15.1 Å². The van der Waals surface area contributed by atoms with Crippen molar-refractivity contribution < 1.29 is 4.79 Å². The molecular formula is C15H9BrClNOS. The van der Waals surface area contributed by atoms with Gasteiger partial charge in [0.1, 0.15) is 5.01 Å². The molecule has 0 amide bonds. The molecule has 0 N–H and O–H groups in total. The van der Waals surface area contributed by atoms with Crippen molar-refractivity contribution in [2.75, 3.05) is 0 Å². The Labute approximate surface area is 133 Å². The zero-order chi connectivity index (χ0) is 14.1. The first-order valence-corrected chi connectivity index (χ1v) is 7.95. The number of fused-ring (bicyclic) bond motifs is 1. The molecule has 0 unspecified atom stereocenters. The maximum Gasteiger partial charge on any atom is 0.170 e. The number of ketones is 1. The lowest BCUT2D eigenvalue weighted by molar-refractivity contribution is 0.0992. The average molecular weight is 367 g/mol. The van der Waals surface area contributed by atoms with Crippen molar-refractivity contribution in [3.63, 3.8) is 0 Å². The van der Waals surface area contributed by atoms with Crippen LogP contribution in [0.5, 0.6) is 0 Å². The Hall–Kier alpha value is -1.23. The molecule has 0 atom stereocenters. The number of aromatic nitrogens is 1. The summed E-state index contributed by atoms with van der Waals surface area (Å²) >= 11 is 10.8. The van der Waals surface area contributed by atoms with E-state index in [1.165, 1.54) is 0 Å². The fourth-order valence-corrected chi connectivity index (χ4v) is 3.81. The van der Waals surface area contributed by atoms with E-state index in [0.717, 1.165) is 19.7 Å². The third kappa shape index (κ3) is 2.77. The first-order chi connectivity index (χ1) is 9.63. The molecule has 20 heavy (non-hydrogen) atoms. The van der Waals surface area contributed by atoms with Crippen LogP contribution in [0.15, 0.2) is 46.9 Å². The number of nitrogens with zero attached hydrogens (tertiary/aromatic N) is 1. The Morgan fingerprint density at radius 1 is 1.25 bits per heavy atom. The molecule has 1 heterocycles. The Morgan fingerprint density at radius 2 is 2.05 bits per heavy atom. The first-order valence-electron chi connectivity index (χ1n) is 5.96. The molecule has 0 saturated carbocycles. The maximum atomic E-state index is 12.3. The second-order valence-electron chi connectivity index (χ2n) is 4.30. The fourth-order valence-electron chi connectivity index (χ4n) is 1.94. The molecule has 3 rings (SSSR count). The van der Waals surface area contributed by atoms with E-state index in [4.69, 9.17) is 11.6 Å². The molecule has 100 valence electrons. The lowest BCUT2D eigenvalue weighted by atomic mass is 10.1. The molecule has 0 bridgehead atoms. The number of halogens is 2. The highest BCUT2D eigenvalue weighted by molar-refractivity contribution is 9.10. The molecular weight excluding hydrogens is 358 g/mol. The minimum Gasteiger partial charge on any atom is -0.294 e. The molecule has 0 aliphatic rings. The van der Waals surface area contributed by atoms with E-state index in [0.29, 0.717) is 17.0 Å². The molecule has 0 saturated heterocycles. The van der Waals surface area contributed by atoms with Crippen molar-refractivity contribution in [3.05, 3.63) is 62.5 Å². The zero-order valence-corrected chi connectivity index (χ0v) is 13.4. The minimum atomic E-state index is 0.0348. The second kappa shape index (κ2) is 5.64. The van der Waals surface area contributed by atoms with Crippen LogP contribution in [0.1, 0.15) is 15.4 Å². The third-order valence-corrected chi connectivity index (χ3v) is 4.81. The summed E-state index contributed by atoms with van der Waals surface area (Å²) in [5.74, 6) is 0.0348. The number of Topliss-reactive ketones (excluding diaryl/α,β-unsaturated/α-hetero) is 1. The molecule has 0 spiro atoms. The standard InChI is InChI=1S/C15H9BrClNOS/c16-11-7-9(17)5-6-10(11)13(19)8-15-18-12-3-1-2-4-14(12)20-15/h1-7H,8H2. The van der Waals surface area contributed by atoms with Crippen molar-refractivity contribution in [2.24, 2.45) is 0 Å². The minimum absolute atomic E-state index is 0.0348. The van der Waals surface area contributed by atoms with E-state index in [9.17, 15) is 4.79 Å². The summed E-state index contributed by atoms with van der Waals surface area (Å²) in [5, 5.41) is 1.44. The predicted octanol–water partition coefficient (Wildman–Crippen LogP) is 5.14. The summed E-state index contributed by atoms with van der Waals surface area (Å²) in [7, 11) is 0. The van der Waals surface area contributed by atoms with Crippen molar-refractivity contribution in [1.29, 1.82) is 0 Å². The van der Waals surface area contributed by atoms with Crippen molar-refractivity contribution in [1.82, 2.24) is 4.98 Å². The van der Waals surface area contributed by atoms with Crippen LogP contribution in [0.2, 0.25) is 5.02 Å². The fraction of sp³-hybridized carbons (Fsp3) is 0.0667. The number of para-hydroxylation sites is 1. The molecule has 0 radical (unpaired) electrons. The van der Waals surface area contributed by atoms with Gasteiger partial charge in [-0.25, -0.2) is 4.98 Å². The monoisotopic (exact) mass is 365 g/mol. The van der Waals surface area contributed by atoms with E-state index in [1.807, 2.05) is 24.3 Å². The Morgan fingerprint density at radius 3 is 2.80 bits per heavy atom. The normalized spacial score (nSPS) is 10.9. The van der Waals surface area contributed by atoms with Gasteiger partial charge in [0.25, 0.3) is 0 Å². The highest BCUT2D eigenvalue weighted by atomic mass is 79.9.